The van der Waals surface area contributed by atoms with Gasteiger partial charge < -0.3 is 19.8 Å². The van der Waals surface area contributed by atoms with Crippen molar-refractivity contribution >= 4 is 22.8 Å². The normalized spacial score (nSPS) is 16.2. The standard InChI is InChI=1S/C18H16FN3O3/c1-10-20-15-9-11(5-6-16(15)25-10)21-18(23)22-14-7-8-24-17-12(14)3-2-4-13(17)19/h2-6,9,14H,7-8H2,1H3,(H2,21,22,23)/t14-/m0/s1. The topological polar surface area (TPSA) is 76.4 Å². The lowest BCUT2D eigenvalue weighted by molar-refractivity contribution is 0.227. The van der Waals surface area contributed by atoms with Crippen LogP contribution in [-0.2, 0) is 0 Å². The van der Waals surface area contributed by atoms with Crippen molar-refractivity contribution in [2.45, 2.75) is 19.4 Å². The monoisotopic (exact) mass is 341 g/mol. The molecule has 2 heterocycles. The van der Waals surface area contributed by atoms with Crippen LogP contribution in [0, 0.1) is 12.7 Å². The van der Waals surface area contributed by atoms with Gasteiger partial charge >= 0.3 is 6.03 Å². The fraction of sp³-hybridized carbons (Fsp3) is 0.222. The Hall–Kier alpha value is -3.09. The number of hydrogen-bond donors (Lipinski definition) is 2. The highest BCUT2D eigenvalue weighted by atomic mass is 19.1. The predicted molar refractivity (Wildman–Crippen MR) is 90.2 cm³/mol. The van der Waals surface area contributed by atoms with E-state index in [1.807, 2.05) is 0 Å². The number of amides is 2. The van der Waals surface area contributed by atoms with E-state index in [1.54, 1.807) is 37.3 Å². The number of aryl methyl sites for hydroxylation is 1. The summed E-state index contributed by atoms with van der Waals surface area (Å²) >= 11 is 0. The average molecular weight is 341 g/mol. The Bertz CT molecular complexity index is 954. The van der Waals surface area contributed by atoms with E-state index in [-0.39, 0.29) is 17.8 Å². The van der Waals surface area contributed by atoms with Crippen molar-refractivity contribution in [3.05, 3.63) is 53.7 Å². The number of nitrogens with zero attached hydrogens (tertiary/aromatic N) is 1. The van der Waals surface area contributed by atoms with Gasteiger partial charge in [-0.05, 0) is 24.3 Å². The lowest BCUT2D eigenvalue weighted by Crippen LogP contribution is -2.35. The van der Waals surface area contributed by atoms with Gasteiger partial charge in [0, 0.05) is 24.6 Å². The summed E-state index contributed by atoms with van der Waals surface area (Å²) in [5.41, 5.74) is 2.58. The molecule has 6 nitrogen and oxygen atoms in total. The van der Waals surface area contributed by atoms with Crippen LogP contribution in [0.3, 0.4) is 0 Å². The van der Waals surface area contributed by atoms with Crippen molar-refractivity contribution in [3.8, 4) is 5.75 Å². The van der Waals surface area contributed by atoms with Crippen molar-refractivity contribution in [2.75, 3.05) is 11.9 Å². The third-order valence-corrected chi connectivity index (χ3v) is 4.08. The molecule has 0 bridgehead atoms. The Morgan fingerprint density at radius 3 is 3.08 bits per heavy atom. The summed E-state index contributed by atoms with van der Waals surface area (Å²) in [5, 5.41) is 5.63. The van der Waals surface area contributed by atoms with Gasteiger partial charge in [0.1, 0.15) is 5.52 Å². The van der Waals surface area contributed by atoms with Gasteiger partial charge in [0.15, 0.2) is 23.0 Å². The number of halogens is 1. The number of para-hydroxylation sites is 1. The number of urea groups is 1. The summed E-state index contributed by atoms with van der Waals surface area (Å²) in [6, 6.07) is 9.26. The highest BCUT2D eigenvalue weighted by molar-refractivity contribution is 5.91. The summed E-state index contributed by atoms with van der Waals surface area (Å²) < 4.78 is 24.6. The van der Waals surface area contributed by atoms with Crippen LogP contribution in [0.15, 0.2) is 40.8 Å². The number of carbonyl (C=O) groups is 1. The number of carbonyl (C=O) groups excluding carboxylic acids is 1. The fourth-order valence-electron chi connectivity index (χ4n) is 2.98. The average Bonchev–Trinajstić information content (AvgIpc) is 2.95. The number of hydrogen-bond acceptors (Lipinski definition) is 4. The van der Waals surface area contributed by atoms with Crippen LogP contribution in [0.1, 0.15) is 23.9 Å². The molecule has 0 unspecified atom stereocenters. The highest BCUT2D eigenvalue weighted by Crippen LogP contribution is 2.34. The van der Waals surface area contributed by atoms with Gasteiger partial charge in [0.05, 0.1) is 12.6 Å². The summed E-state index contributed by atoms with van der Waals surface area (Å²) in [5.74, 6) is 0.354. The lowest BCUT2D eigenvalue weighted by Gasteiger charge is -2.26. The van der Waals surface area contributed by atoms with Gasteiger partial charge in [0.2, 0.25) is 0 Å². The molecule has 128 valence electrons. The van der Waals surface area contributed by atoms with Crippen molar-refractivity contribution in [3.63, 3.8) is 0 Å². The molecule has 7 heteroatoms. The largest absolute Gasteiger partial charge is 0.490 e. The van der Waals surface area contributed by atoms with Crippen molar-refractivity contribution in [1.82, 2.24) is 10.3 Å². The van der Waals surface area contributed by atoms with Gasteiger partial charge in [-0.25, -0.2) is 14.2 Å². The molecule has 0 fully saturated rings. The second-order valence-electron chi connectivity index (χ2n) is 5.86. The van der Waals surface area contributed by atoms with E-state index in [9.17, 15) is 9.18 Å². The van der Waals surface area contributed by atoms with E-state index >= 15 is 0 Å². The zero-order valence-corrected chi connectivity index (χ0v) is 13.5. The molecule has 1 aliphatic heterocycles. The summed E-state index contributed by atoms with van der Waals surface area (Å²) in [4.78, 5) is 16.6. The molecule has 0 spiro atoms. The van der Waals surface area contributed by atoms with Gasteiger partial charge in [0.25, 0.3) is 0 Å². The molecule has 4 rings (SSSR count). The Morgan fingerprint density at radius 2 is 2.20 bits per heavy atom. The maximum absolute atomic E-state index is 13.8. The predicted octanol–water partition coefficient (Wildman–Crippen LogP) is 3.92. The number of fused-ring (bicyclic) bond motifs is 2. The molecule has 3 aromatic rings. The smallest absolute Gasteiger partial charge is 0.319 e. The van der Waals surface area contributed by atoms with Gasteiger partial charge in [-0.3, -0.25) is 0 Å². The van der Waals surface area contributed by atoms with Crippen molar-refractivity contribution < 1.29 is 18.3 Å². The molecule has 2 N–H and O–H groups in total. The Balaban J connectivity index is 1.50. The van der Waals surface area contributed by atoms with Crippen LogP contribution in [0.4, 0.5) is 14.9 Å². The zero-order chi connectivity index (χ0) is 17.4. The molecular formula is C18H16FN3O3. The Kier molecular flexibility index (Phi) is 3.76. The maximum atomic E-state index is 13.8. The third kappa shape index (κ3) is 3.00. The van der Waals surface area contributed by atoms with E-state index in [0.29, 0.717) is 41.3 Å². The van der Waals surface area contributed by atoms with Crippen LogP contribution >= 0.6 is 0 Å². The number of nitrogens with one attached hydrogen (secondary N) is 2. The Labute approximate surface area is 143 Å². The van der Waals surface area contributed by atoms with Crippen LogP contribution in [0.2, 0.25) is 0 Å². The molecule has 2 amide bonds. The zero-order valence-electron chi connectivity index (χ0n) is 13.5. The summed E-state index contributed by atoms with van der Waals surface area (Å²) in [7, 11) is 0. The van der Waals surface area contributed by atoms with Crippen molar-refractivity contribution in [1.29, 1.82) is 0 Å². The van der Waals surface area contributed by atoms with E-state index in [2.05, 4.69) is 15.6 Å². The number of benzene rings is 2. The first-order valence-corrected chi connectivity index (χ1v) is 7.96. The van der Waals surface area contributed by atoms with Crippen LogP contribution < -0.4 is 15.4 Å². The molecule has 2 aromatic carbocycles. The van der Waals surface area contributed by atoms with E-state index in [1.165, 1.54) is 6.07 Å². The second-order valence-corrected chi connectivity index (χ2v) is 5.86. The minimum Gasteiger partial charge on any atom is -0.490 e. The maximum Gasteiger partial charge on any atom is 0.319 e. The molecule has 1 atom stereocenters. The van der Waals surface area contributed by atoms with Gasteiger partial charge in [-0.15, -0.1) is 0 Å². The van der Waals surface area contributed by atoms with Gasteiger partial charge in [-0.1, -0.05) is 12.1 Å². The third-order valence-electron chi connectivity index (χ3n) is 4.08. The first-order chi connectivity index (χ1) is 12.1. The Morgan fingerprint density at radius 1 is 1.32 bits per heavy atom. The molecule has 0 radical (unpaired) electrons. The summed E-state index contributed by atoms with van der Waals surface area (Å²) in [6.07, 6.45) is 0.575. The molecule has 25 heavy (non-hydrogen) atoms. The van der Waals surface area contributed by atoms with Gasteiger partial charge in [-0.2, -0.15) is 0 Å². The van der Waals surface area contributed by atoms with Crippen LogP contribution in [0.5, 0.6) is 5.75 Å². The quantitative estimate of drug-likeness (QED) is 0.741. The van der Waals surface area contributed by atoms with E-state index < -0.39 is 5.82 Å². The minimum absolute atomic E-state index is 0.207. The van der Waals surface area contributed by atoms with E-state index in [0.717, 1.165) is 0 Å². The van der Waals surface area contributed by atoms with Crippen LogP contribution in [0.25, 0.3) is 11.1 Å². The number of oxazole rings is 1. The SMILES string of the molecule is Cc1nc2cc(NC(=O)N[C@H]3CCOc4c(F)cccc43)ccc2o1. The van der Waals surface area contributed by atoms with E-state index in [4.69, 9.17) is 9.15 Å². The number of anilines is 1. The molecule has 0 aliphatic carbocycles. The first-order valence-electron chi connectivity index (χ1n) is 7.96. The molecular weight excluding hydrogens is 325 g/mol. The molecule has 1 aliphatic rings. The number of rotatable bonds is 2. The fourth-order valence-corrected chi connectivity index (χ4v) is 2.98. The highest BCUT2D eigenvalue weighted by Gasteiger charge is 2.25. The van der Waals surface area contributed by atoms with Crippen LogP contribution in [-0.4, -0.2) is 17.6 Å². The number of aromatic nitrogens is 1. The molecule has 0 saturated carbocycles. The summed E-state index contributed by atoms with van der Waals surface area (Å²) in [6.45, 7) is 2.12. The second kappa shape index (κ2) is 6.08. The first kappa shape index (κ1) is 15.4. The lowest BCUT2D eigenvalue weighted by atomic mass is 10.0. The molecule has 1 aromatic heterocycles. The molecule has 0 saturated heterocycles. The van der Waals surface area contributed by atoms with Crippen molar-refractivity contribution in [2.24, 2.45) is 0 Å². The number of ether oxygens (including phenoxy) is 1. The minimum atomic E-state index is -0.420.